The number of benzene rings is 1. The molecule has 6 heteroatoms. The molecule has 3 atom stereocenters. The second-order valence-corrected chi connectivity index (χ2v) is 11.3. The van der Waals surface area contributed by atoms with Gasteiger partial charge in [-0.05, 0) is 36.7 Å². The third kappa shape index (κ3) is 7.69. The van der Waals surface area contributed by atoms with Crippen LogP contribution in [0.15, 0.2) is 30.3 Å². The monoisotopic (exact) mass is 408 g/mol. The molecule has 0 saturated heterocycles. The molecule has 0 heterocycles. The molecule has 1 saturated carbocycles. The van der Waals surface area contributed by atoms with Gasteiger partial charge in [-0.1, -0.05) is 76.3 Å². The Hall–Kier alpha value is -1.16. The van der Waals surface area contributed by atoms with Gasteiger partial charge in [0.1, 0.15) is 5.78 Å². The van der Waals surface area contributed by atoms with Gasteiger partial charge in [-0.2, -0.15) is 0 Å². The maximum Gasteiger partial charge on any atom is 0.237 e. The third-order valence-electron chi connectivity index (χ3n) is 5.74. The number of amides is 1. The number of nitrogens with one attached hydrogen (secondary N) is 1. The molecule has 0 spiro atoms. The first-order chi connectivity index (χ1) is 13.3. The van der Waals surface area contributed by atoms with Gasteiger partial charge in [-0.3, -0.25) is 9.36 Å². The Bertz CT molecular complexity index is 644. The van der Waals surface area contributed by atoms with E-state index in [1.807, 2.05) is 44.2 Å². The molecule has 1 fully saturated rings. The van der Waals surface area contributed by atoms with Crippen molar-refractivity contribution in [2.45, 2.75) is 77.0 Å². The van der Waals surface area contributed by atoms with Crippen molar-refractivity contribution in [3.63, 3.8) is 0 Å². The summed E-state index contributed by atoms with van der Waals surface area (Å²) in [5.74, 6) is -0.261. The van der Waals surface area contributed by atoms with Crippen molar-refractivity contribution in [1.82, 2.24) is 5.32 Å². The highest BCUT2D eigenvalue weighted by atomic mass is 31.2. The van der Waals surface area contributed by atoms with E-state index in [4.69, 9.17) is 5.73 Å². The topological polar surface area (TPSA) is 92.4 Å². The SMILES string of the molecule is CC(C)CCP(=O)(O)C(CC1CCCCC1)NC(=O)[C@@H](N)Cc1ccccc1. The first-order valence-corrected chi connectivity index (χ1v) is 12.6. The zero-order valence-electron chi connectivity index (χ0n) is 17.3. The summed E-state index contributed by atoms with van der Waals surface area (Å²) in [6.45, 7) is 4.09. The molecule has 1 amide bonds. The highest BCUT2D eigenvalue weighted by Gasteiger charge is 2.35. The van der Waals surface area contributed by atoms with Gasteiger partial charge in [0, 0.05) is 6.16 Å². The number of carbonyl (C=O) groups is 1. The molecular formula is C22H37N2O3P. The van der Waals surface area contributed by atoms with Crippen LogP contribution in [0.1, 0.15) is 64.4 Å². The van der Waals surface area contributed by atoms with E-state index in [1.165, 1.54) is 19.3 Å². The lowest BCUT2D eigenvalue weighted by Crippen LogP contribution is -2.47. The van der Waals surface area contributed by atoms with Gasteiger partial charge in [0.25, 0.3) is 0 Å². The summed E-state index contributed by atoms with van der Waals surface area (Å²) in [4.78, 5) is 23.5. The molecular weight excluding hydrogens is 371 g/mol. The summed E-state index contributed by atoms with van der Waals surface area (Å²) >= 11 is 0. The van der Waals surface area contributed by atoms with Crippen molar-refractivity contribution in [1.29, 1.82) is 0 Å². The van der Waals surface area contributed by atoms with Crippen molar-refractivity contribution < 1.29 is 14.3 Å². The second kappa shape index (κ2) is 11.1. The molecule has 2 unspecified atom stereocenters. The highest BCUT2D eigenvalue weighted by Crippen LogP contribution is 2.49. The molecule has 28 heavy (non-hydrogen) atoms. The summed E-state index contributed by atoms with van der Waals surface area (Å²) in [5.41, 5.74) is 7.10. The van der Waals surface area contributed by atoms with Gasteiger partial charge in [0.15, 0.2) is 0 Å². The number of carbonyl (C=O) groups excluding carboxylic acids is 1. The Morgan fingerprint density at radius 3 is 2.46 bits per heavy atom. The van der Waals surface area contributed by atoms with Gasteiger partial charge in [-0.15, -0.1) is 0 Å². The van der Waals surface area contributed by atoms with Gasteiger partial charge >= 0.3 is 0 Å². The molecule has 1 aromatic carbocycles. The minimum Gasteiger partial charge on any atom is -0.343 e. The Labute approximate surface area is 169 Å². The molecule has 158 valence electrons. The van der Waals surface area contributed by atoms with E-state index in [-0.39, 0.29) is 12.1 Å². The van der Waals surface area contributed by atoms with Crippen molar-refractivity contribution in [2.75, 3.05) is 6.16 Å². The van der Waals surface area contributed by atoms with Gasteiger partial charge in [0.05, 0.1) is 6.04 Å². The first-order valence-electron chi connectivity index (χ1n) is 10.7. The summed E-state index contributed by atoms with van der Waals surface area (Å²) in [7, 11) is -3.49. The standard InChI is InChI=1S/C22H37N2O3P/c1-17(2)13-14-28(26,27)21(16-19-11-7-4-8-12-19)24-22(25)20(23)15-18-9-5-3-6-10-18/h3,5-6,9-10,17,19-21H,4,7-8,11-16,23H2,1-2H3,(H,24,25)(H,26,27)/t20-,21?/m0/s1. The van der Waals surface area contributed by atoms with E-state index in [9.17, 15) is 14.3 Å². The Morgan fingerprint density at radius 1 is 1.21 bits per heavy atom. The summed E-state index contributed by atoms with van der Waals surface area (Å²) in [6.07, 6.45) is 7.65. The number of nitrogens with two attached hydrogens (primary N) is 1. The van der Waals surface area contributed by atoms with Crippen LogP contribution in [0.2, 0.25) is 0 Å². The fourth-order valence-electron chi connectivity index (χ4n) is 3.89. The minimum absolute atomic E-state index is 0.246. The predicted molar refractivity (Wildman–Crippen MR) is 115 cm³/mol. The molecule has 1 aliphatic rings. The lowest BCUT2D eigenvalue weighted by atomic mass is 9.87. The number of hydrogen-bond donors (Lipinski definition) is 3. The van der Waals surface area contributed by atoms with Crippen LogP contribution in [0.3, 0.4) is 0 Å². The highest BCUT2D eigenvalue weighted by molar-refractivity contribution is 7.58. The second-order valence-electron chi connectivity index (χ2n) is 8.72. The Kier molecular flexibility index (Phi) is 9.20. The fraction of sp³-hybridized carbons (Fsp3) is 0.682. The summed E-state index contributed by atoms with van der Waals surface area (Å²) in [5, 5.41) is 2.87. The molecule has 0 radical (unpaired) electrons. The average Bonchev–Trinajstić information content (AvgIpc) is 2.67. The van der Waals surface area contributed by atoms with Crippen molar-refractivity contribution in [3.05, 3.63) is 35.9 Å². The largest absolute Gasteiger partial charge is 0.343 e. The fourth-order valence-corrected chi connectivity index (χ4v) is 6.05. The summed E-state index contributed by atoms with van der Waals surface area (Å²) < 4.78 is 13.1. The van der Waals surface area contributed by atoms with Crippen molar-refractivity contribution in [3.8, 4) is 0 Å². The van der Waals surface area contributed by atoms with Crippen LogP contribution >= 0.6 is 7.37 Å². The Morgan fingerprint density at radius 2 is 1.86 bits per heavy atom. The molecule has 1 aromatic rings. The van der Waals surface area contributed by atoms with E-state index in [0.29, 0.717) is 31.1 Å². The van der Waals surface area contributed by atoms with Crippen molar-refractivity contribution >= 4 is 13.3 Å². The van der Waals surface area contributed by atoms with Crippen molar-refractivity contribution in [2.24, 2.45) is 17.6 Å². The average molecular weight is 409 g/mol. The van der Waals surface area contributed by atoms with Crippen LogP contribution in [0.25, 0.3) is 0 Å². The van der Waals surface area contributed by atoms with Crippen LogP contribution in [0.5, 0.6) is 0 Å². The number of rotatable bonds is 10. The molecule has 0 aliphatic heterocycles. The van der Waals surface area contributed by atoms with Gasteiger partial charge < -0.3 is 15.9 Å². The lowest BCUT2D eigenvalue weighted by Gasteiger charge is -2.31. The van der Waals surface area contributed by atoms with Gasteiger partial charge in [0.2, 0.25) is 13.3 Å². The molecule has 1 aliphatic carbocycles. The smallest absolute Gasteiger partial charge is 0.237 e. The van der Waals surface area contributed by atoms with Gasteiger partial charge in [-0.25, -0.2) is 0 Å². The van der Waals surface area contributed by atoms with E-state index in [1.54, 1.807) is 0 Å². The normalized spacial score (nSPS) is 19.8. The molecule has 4 N–H and O–H groups in total. The minimum atomic E-state index is -3.49. The number of hydrogen-bond acceptors (Lipinski definition) is 3. The van der Waals surface area contributed by atoms with E-state index in [2.05, 4.69) is 5.32 Å². The lowest BCUT2D eigenvalue weighted by molar-refractivity contribution is -0.122. The summed E-state index contributed by atoms with van der Waals surface area (Å²) in [6, 6.07) is 8.91. The van der Waals surface area contributed by atoms with E-state index in [0.717, 1.165) is 18.4 Å². The molecule has 0 bridgehead atoms. The predicted octanol–water partition coefficient (Wildman–Crippen LogP) is 4.29. The Balaban J connectivity index is 2.04. The van der Waals surface area contributed by atoms with E-state index >= 15 is 0 Å². The quantitative estimate of drug-likeness (QED) is 0.504. The molecule has 5 nitrogen and oxygen atoms in total. The molecule has 2 rings (SSSR count). The van der Waals surface area contributed by atoms with Crippen LogP contribution in [0.4, 0.5) is 0 Å². The third-order valence-corrected chi connectivity index (χ3v) is 7.95. The van der Waals surface area contributed by atoms with E-state index < -0.39 is 19.2 Å². The zero-order chi connectivity index (χ0) is 20.6. The maximum atomic E-state index is 13.1. The first kappa shape index (κ1) is 23.1. The van der Waals surface area contributed by atoms with Crippen LogP contribution < -0.4 is 11.1 Å². The van der Waals surface area contributed by atoms with Crippen LogP contribution in [-0.4, -0.2) is 28.8 Å². The van der Waals surface area contributed by atoms with Crippen LogP contribution in [0, 0.1) is 11.8 Å². The molecule has 0 aromatic heterocycles. The maximum absolute atomic E-state index is 13.1. The van der Waals surface area contributed by atoms with Crippen LogP contribution in [-0.2, 0) is 15.8 Å². The zero-order valence-corrected chi connectivity index (χ0v) is 18.2.